The first kappa shape index (κ1) is 20.9. The number of amides is 1. The van der Waals surface area contributed by atoms with Gasteiger partial charge in [-0.2, -0.15) is 0 Å². The zero-order chi connectivity index (χ0) is 22.9. The number of aromatic hydroxyl groups is 1. The first-order valence-corrected chi connectivity index (χ1v) is 10.9. The van der Waals surface area contributed by atoms with Crippen LogP contribution in [0.2, 0.25) is 0 Å². The predicted molar refractivity (Wildman–Crippen MR) is 126 cm³/mol. The van der Waals surface area contributed by atoms with Gasteiger partial charge in [-0.3, -0.25) is 4.79 Å². The lowest BCUT2D eigenvalue weighted by molar-refractivity contribution is 0.0936. The van der Waals surface area contributed by atoms with Gasteiger partial charge in [0.1, 0.15) is 17.4 Å². The molecule has 1 amide bonds. The Balaban J connectivity index is 1.46. The molecule has 33 heavy (non-hydrogen) atoms. The fourth-order valence-corrected chi connectivity index (χ4v) is 4.23. The number of para-hydroxylation sites is 1. The maximum Gasteiger partial charge on any atom is 0.254 e. The number of aryl methyl sites for hydroxylation is 1. The standard InChI is InChI=1S/C26H23FN4O2/c1-16-10-11-19-22(14-16)29-24(20-7-3-5-9-23(20)32)30-25(19)31-13-12-17(15-31)28-26(33)18-6-2-4-8-21(18)27/h2-11,14,17,32H,12-13,15H2,1H3,(H,28,33)/t17-/m1/s1. The second-order valence-corrected chi connectivity index (χ2v) is 8.29. The molecule has 0 aliphatic carbocycles. The van der Waals surface area contributed by atoms with Crippen LogP contribution in [0, 0.1) is 12.7 Å². The normalized spacial score (nSPS) is 15.7. The lowest BCUT2D eigenvalue weighted by atomic mass is 10.1. The Hall–Kier alpha value is -4.00. The lowest BCUT2D eigenvalue weighted by Gasteiger charge is -2.21. The van der Waals surface area contributed by atoms with E-state index in [-0.39, 0.29) is 17.4 Å². The molecule has 0 radical (unpaired) electrons. The molecule has 2 heterocycles. The van der Waals surface area contributed by atoms with Gasteiger partial charge >= 0.3 is 0 Å². The number of fused-ring (bicyclic) bond motifs is 1. The maximum atomic E-state index is 14.0. The van der Waals surface area contributed by atoms with Crippen LogP contribution in [0.15, 0.2) is 66.7 Å². The minimum atomic E-state index is -0.533. The molecular formula is C26H23FN4O2. The van der Waals surface area contributed by atoms with E-state index in [0.29, 0.717) is 30.9 Å². The highest BCUT2D eigenvalue weighted by Gasteiger charge is 2.28. The second kappa shape index (κ2) is 8.50. The molecule has 0 saturated carbocycles. The van der Waals surface area contributed by atoms with Gasteiger partial charge in [-0.1, -0.05) is 30.3 Å². The lowest BCUT2D eigenvalue weighted by Crippen LogP contribution is -2.37. The van der Waals surface area contributed by atoms with Crippen molar-refractivity contribution in [3.8, 4) is 17.1 Å². The van der Waals surface area contributed by atoms with Gasteiger partial charge in [-0.15, -0.1) is 0 Å². The zero-order valence-electron chi connectivity index (χ0n) is 18.1. The van der Waals surface area contributed by atoms with Gasteiger partial charge in [-0.25, -0.2) is 14.4 Å². The third-order valence-corrected chi connectivity index (χ3v) is 5.92. The summed E-state index contributed by atoms with van der Waals surface area (Å²) < 4.78 is 14.0. The second-order valence-electron chi connectivity index (χ2n) is 8.29. The Morgan fingerprint density at radius 3 is 2.70 bits per heavy atom. The number of nitrogens with zero attached hydrogens (tertiary/aromatic N) is 3. The topological polar surface area (TPSA) is 78.4 Å². The summed E-state index contributed by atoms with van der Waals surface area (Å²) >= 11 is 0. The molecule has 1 aliphatic rings. The van der Waals surface area contributed by atoms with Crippen molar-refractivity contribution in [2.75, 3.05) is 18.0 Å². The van der Waals surface area contributed by atoms with Crippen molar-refractivity contribution in [2.45, 2.75) is 19.4 Å². The number of phenols is 1. The summed E-state index contributed by atoms with van der Waals surface area (Å²) in [4.78, 5) is 24.2. The van der Waals surface area contributed by atoms with Crippen LogP contribution in [0.3, 0.4) is 0 Å². The Morgan fingerprint density at radius 1 is 1.09 bits per heavy atom. The van der Waals surface area contributed by atoms with E-state index in [4.69, 9.17) is 9.97 Å². The van der Waals surface area contributed by atoms with Crippen LogP contribution in [-0.4, -0.2) is 40.1 Å². The SMILES string of the molecule is Cc1ccc2c(N3CC[C@@H](NC(=O)c4ccccc4F)C3)nc(-c3ccccc3O)nc2c1. The molecule has 0 spiro atoms. The number of halogens is 1. The van der Waals surface area contributed by atoms with E-state index in [1.54, 1.807) is 30.3 Å². The van der Waals surface area contributed by atoms with Crippen molar-refractivity contribution in [2.24, 2.45) is 0 Å². The molecule has 6 nitrogen and oxygen atoms in total. The van der Waals surface area contributed by atoms with E-state index in [0.717, 1.165) is 22.3 Å². The number of phenolic OH excluding ortho intramolecular Hbond substituents is 1. The Labute approximate surface area is 190 Å². The van der Waals surface area contributed by atoms with Crippen LogP contribution in [0.4, 0.5) is 10.2 Å². The van der Waals surface area contributed by atoms with Crippen LogP contribution >= 0.6 is 0 Å². The predicted octanol–water partition coefficient (Wildman–Crippen LogP) is 4.46. The Bertz CT molecular complexity index is 1360. The van der Waals surface area contributed by atoms with E-state index >= 15 is 0 Å². The molecule has 1 atom stereocenters. The zero-order valence-corrected chi connectivity index (χ0v) is 18.1. The molecule has 3 aromatic carbocycles. The number of benzene rings is 3. The van der Waals surface area contributed by atoms with Gasteiger partial charge in [-0.05, 0) is 55.3 Å². The number of aromatic nitrogens is 2. The molecule has 2 N–H and O–H groups in total. The number of nitrogens with one attached hydrogen (secondary N) is 1. The van der Waals surface area contributed by atoms with Crippen molar-refractivity contribution in [3.05, 3.63) is 83.7 Å². The third-order valence-electron chi connectivity index (χ3n) is 5.92. The highest BCUT2D eigenvalue weighted by Crippen LogP contribution is 2.33. The van der Waals surface area contributed by atoms with Gasteiger partial charge in [0.15, 0.2) is 5.82 Å². The highest BCUT2D eigenvalue weighted by molar-refractivity contribution is 5.95. The average molecular weight is 442 g/mol. The van der Waals surface area contributed by atoms with E-state index < -0.39 is 11.7 Å². The Kier molecular flexibility index (Phi) is 5.38. The summed E-state index contributed by atoms with van der Waals surface area (Å²) in [7, 11) is 0. The quantitative estimate of drug-likeness (QED) is 0.488. The van der Waals surface area contributed by atoms with Crippen LogP contribution in [0.25, 0.3) is 22.3 Å². The van der Waals surface area contributed by atoms with Gasteiger partial charge in [0.2, 0.25) is 0 Å². The highest BCUT2D eigenvalue weighted by atomic mass is 19.1. The van der Waals surface area contributed by atoms with Crippen molar-refractivity contribution < 1.29 is 14.3 Å². The minimum Gasteiger partial charge on any atom is -0.507 e. The molecule has 1 aromatic heterocycles. The van der Waals surface area contributed by atoms with Crippen molar-refractivity contribution in [1.29, 1.82) is 0 Å². The molecule has 0 unspecified atom stereocenters. The molecule has 1 fully saturated rings. The van der Waals surface area contributed by atoms with E-state index in [2.05, 4.69) is 10.2 Å². The summed E-state index contributed by atoms with van der Waals surface area (Å²) in [5.74, 6) is 0.361. The molecule has 7 heteroatoms. The van der Waals surface area contributed by atoms with Crippen molar-refractivity contribution >= 4 is 22.6 Å². The van der Waals surface area contributed by atoms with Gasteiger partial charge < -0.3 is 15.3 Å². The molecule has 0 bridgehead atoms. The summed E-state index contributed by atoms with van der Waals surface area (Å²) in [6, 6.07) is 18.8. The number of hydrogen-bond donors (Lipinski definition) is 2. The van der Waals surface area contributed by atoms with Gasteiger partial charge in [0.25, 0.3) is 5.91 Å². The van der Waals surface area contributed by atoms with Crippen LogP contribution in [0.5, 0.6) is 5.75 Å². The fourth-order valence-electron chi connectivity index (χ4n) is 4.23. The molecule has 166 valence electrons. The van der Waals surface area contributed by atoms with E-state index in [9.17, 15) is 14.3 Å². The molecule has 1 aliphatic heterocycles. The number of hydrogen-bond acceptors (Lipinski definition) is 5. The van der Waals surface area contributed by atoms with Gasteiger partial charge in [0, 0.05) is 24.5 Å². The maximum absolute atomic E-state index is 14.0. The summed E-state index contributed by atoms with van der Waals surface area (Å²) in [5.41, 5.74) is 2.47. The number of anilines is 1. The van der Waals surface area contributed by atoms with Crippen LogP contribution < -0.4 is 10.2 Å². The smallest absolute Gasteiger partial charge is 0.254 e. The van der Waals surface area contributed by atoms with Crippen molar-refractivity contribution in [3.63, 3.8) is 0 Å². The fraction of sp³-hybridized carbons (Fsp3) is 0.192. The molecule has 4 aromatic rings. The molecule has 1 saturated heterocycles. The summed E-state index contributed by atoms with van der Waals surface area (Å²) in [6.45, 7) is 3.23. The van der Waals surface area contributed by atoms with E-state index in [1.165, 1.54) is 12.1 Å². The first-order chi connectivity index (χ1) is 16.0. The van der Waals surface area contributed by atoms with Gasteiger partial charge in [0.05, 0.1) is 16.6 Å². The van der Waals surface area contributed by atoms with E-state index in [1.807, 2.05) is 31.2 Å². The first-order valence-electron chi connectivity index (χ1n) is 10.9. The number of carbonyl (C=O) groups excluding carboxylic acids is 1. The third kappa shape index (κ3) is 4.09. The monoisotopic (exact) mass is 442 g/mol. The van der Waals surface area contributed by atoms with Crippen molar-refractivity contribution in [1.82, 2.24) is 15.3 Å². The van der Waals surface area contributed by atoms with Crippen LogP contribution in [0.1, 0.15) is 22.3 Å². The minimum absolute atomic E-state index is 0.0424. The summed E-state index contributed by atoms with van der Waals surface area (Å²) in [5, 5.41) is 14.2. The largest absolute Gasteiger partial charge is 0.507 e. The average Bonchev–Trinajstić information content (AvgIpc) is 3.27. The molecular weight excluding hydrogens is 419 g/mol. The number of rotatable bonds is 4. The number of carbonyl (C=O) groups is 1. The molecule has 5 rings (SSSR count). The Morgan fingerprint density at radius 2 is 1.88 bits per heavy atom. The summed E-state index contributed by atoms with van der Waals surface area (Å²) in [6.07, 6.45) is 0.712. The van der Waals surface area contributed by atoms with Crippen LogP contribution in [-0.2, 0) is 0 Å².